The van der Waals surface area contributed by atoms with Crippen LogP contribution in [0.15, 0.2) is 82.4 Å². The SMILES string of the molecule is COc1ccc(C(NCCc2cccc(F)c2)c2cccc(Nc3c(N)c(=O)c3=O)c2)cc1. The van der Waals surface area contributed by atoms with Crippen molar-refractivity contribution in [1.29, 1.82) is 0 Å². The molecule has 0 saturated heterocycles. The highest BCUT2D eigenvalue weighted by molar-refractivity contribution is 5.76. The molecule has 1 unspecified atom stereocenters. The second kappa shape index (κ2) is 9.67. The van der Waals surface area contributed by atoms with Crippen molar-refractivity contribution in [3.8, 4) is 5.75 Å². The molecular weight excluding hydrogens is 421 g/mol. The molecule has 4 N–H and O–H groups in total. The fourth-order valence-electron chi connectivity index (χ4n) is 3.75. The highest BCUT2D eigenvalue weighted by atomic mass is 19.1. The van der Waals surface area contributed by atoms with Crippen LogP contribution in [-0.2, 0) is 6.42 Å². The zero-order valence-corrected chi connectivity index (χ0v) is 18.1. The molecule has 6 nitrogen and oxygen atoms in total. The number of hydrogen-bond donors (Lipinski definition) is 3. The smallest absolute Gasteiger partial charge is 0.253 e. The van der Waals surface area contributed by atoms with Crippen LogP contribution in [-0.4, -0.2) is 13.7 Å². The van der Waals surface area contributed by atoms with Gasteiger partial charge in [-0.1, -0.05) is 36.4 Å². The number of nitrogens with two attached hydrogens (primary N) is 1. The average molecular weight is 445 g/mol. The zero-order valence-electron chi connectivity index (χ0n) is 18.1. The number of nitrogens with one attached hydrogen (secondary N) is 2. The maximum Gasteiger partial charge on any atom is 0.253 e. The van der Waals surface area contributed by atoms with Crippen molar-refractivity contribution in [2.75, 3.05) is 24.7 Å². The van der Waals surface area contributed by atoms with Crippen LogP contribution in [0.2, 0.25) is 0 Å². The lowest BCUT2D eigenvalue weighted by Crippen LogP contribution is -2.36. The van der Waals surface area contributed by atoms with E-state index in [9.17, 15) is 14.0 Å². The van der Waals surface area contributed by atoms with Crippen molar-refractivity contribution in [1.82, 2.24) is 5.32 Å². The van der Waals surface area contributed by atoms with Crippen LogP contribution in [0.4, 0.5) is 21.5 Å². The first-order chi connectivity index (χ1) is 16.0. The minimum absolute atomic E-state index is 0.0506. The Hall–Kier alpha value is -3.97. The van der Waals surface area contributed by atoms with Crippen molar-refractivity contribution in [3.63, 3.8) is 0 Å². The van der Waals surface area contributed by atoms with Crippen molar-refractivity contribution < 1.29 is 9.13 Å². The predicted molar refractivity (Wildman–Crippen MR) is 128 cm³/mol. The molecule has 0 radical (unpaired) electrons. The Morgan fingerprint density at radius 2 is 1.70 bits per heavy atom. The summed E-state index contributed by atoms with van der Waals surface area (Å²) in [6.45, 7) is 0.614. The van der Waals surface area contributed by atoms with Crippen LogP contribution >= 0.6 is 0 Å². The summed E-state index contributed by atoms with van der Waals surface area (Å²) in [7, 11) is 1.62. The Labute approximate surface area is 190 Å². The number of benzene rings is 3. The van der Waals surface area contributed by atoms with Gasteiger partial charge in [0.15, 0.2) is 0 Å². The topological polar surface area (TPSA) is 93.4 Å². The van der Waals surface area contributed by atoms with Gasteiger partial charge in [-0.05, 0) is 59.5 Å². The van der Waals surface area contributed by atoms with Crippen molar-refractivity contribution in [2.24, 2.45) is 0 Å². The molecule has 7 heteroatoms. The molecule has 4 rings (SSSR count). The molecule has 0 aliphatic carbocycles. The van der Waals surface area contributed by atoms with E-state index in [0.717, 1.165) is 22.4 Å². The standard InChI is InChI=1S/C26H24FN3O3/c1-33-21-10-8-17(9-11-21)23(29-13-12-16-4-2-6-19(27)14-16)18-5-3-7-20(15-18)30-24-22(28)25(31)26(24)32/h2-11,14-15,23,29-30H,12-13,28H2,1H3. The summed E-state index contributed by atoms with van der Waals surface area (Å²) in [5.74, 6) is 0.499. The van der Waals surface area contributed by atoms with Gasteiger partial charge in [-0.25, -0.2) is 4.39 Å². The fraction of sp³-hybridized carbons (Fsp3) is 0.154. The third-order valence-electron chi connectivity index (χ3n) is 5.54. The molecule has 0 aliphatic heterocycles. The van der Waals surface area contributed by atoms with E-state index in [1.54, 1.807) is 19.2 Å². The molecule has 0 fully saturated rings. The van der Waals surface area contributed by atoms with Gasteiger partial charge < -0.3 is 21.1 Å². The molecule has 33 heavy (non-hydrogen) atoms. The first-order valence-electron chi connectivity index (χ1n) is 10.5. The normalized spacial score (nSPS) is 11.9. The van der Waals surface area contributed by atoms with Gasteiger partial charge in [-0.2, -0.15) is 0 Å². The Kier molecular flexibility index (Phi) is 6.51. The van der Waals surface area contributed by atoms with Gasteiger partial charge in [0, 0.05) is 12.2 Å². The maximum atomic E-state index is 13.5. The van der Waals surface area contributed by atoms with Crippen LogP contribution in [0.25, 0.3) is 0 Å². The summed E-state index contributed by atoms with van der Waals surface area (Å²) < 4.78 is 18.8. The van der Waals surface area contributed by atoms with Crippen LogP contribution < -0.4 is 32.0 Å². The predicted octanol–water partition coefficient (Wildman–Crippen LogP) is 3.68. The molecule has 4 aromatic carbocycles. The molecule has 0 aliphatic rings. The highest BCUT2D eigenvalue weighted by Gasteiger charge is 2.19. The van der Waals surface area contributed by atoms with Gasteiger partial charge in [0.05, 0.1) is 13.2 Å². The first kappa shape index (κ1) is 22.2. The largest absolute Gasteiger partial charge is 0.497 e. The van der Waals surface area contributed by atoms with E-state index in [1.807, 2.05) is 48.5 Å². The molecule has 0 saturated carbocycles. The Bertz CT molecular complexity index is 1330. The summed E-state index contributed by atoms with van der Waals surface area (Å²) in [6.07, 6.45) is 0.655. The third-order valence-corrected chi connectivity index (χ3v) is 5.54. The van der Waals surface area contributed by atoms with Crippen LogP contribution in [0.5, 0.6) is 5.75 Å². The van der Waals surface area contributed by atoms with E-state index in [4.69, 9.17) is 10.5 Å². The summed E-state index contributed by atoms with van der Waals surface area (Å²) in [6, 6.07) is 21.7. The summed E-state index contributed by atoms with van der Waals surface area (Å²) in [4.78, 5) is 23.2. The van der Waals surface area contributed by atoms with Gasteiger partial charge >= 0.3 is 0 Å². The monoisotopic (exact) mass is 445 g/mol. The molecule has 168 valence electrons. The van der Waals surface area contributed by atoms with Crippen molar-refractivity contribution in [3.05, 3.63) is 116 Å². The summed E-state index contributed by atoms with van der Waals surface area (Å²) >= 11 is 0. The second-order valence-electron chi connectivity index (χ2n) is 7.74. The fourth-order valence-corrected chi connectivity index (χ4v) is 3.75. The molecule has 0 amide bonds. The number of ether oxygens (including phenoxy) is 1. The van der Waals surface area contributed by atoms with Crippen molar-refractivity contribution >= 4 is 17.1 Å². The Morgan fingerprint density at radius 1 is 0.939 bits per heavy atom. The Morgan fingerprint density at radius 3 is 2.39 bits per heavy atom. The highest BCUT2D eigenvalue weighted by Crippen LogP contribution is 2.27. The third kappa shape index (κ3) is 4.94. The van der Waals surface area contributed by atoms with E-state index < -0.39 is 10.9 Å². The van der Waals surface area contributed by atoms with Gasteiger partial charge in [0.2, 0.25) is 0 Å². The molecule has 4 aromatic rings. The van der Waals surface area contributed by atoms with Gasteiger partial charge in [-0.15, -0.1) is 0 Å². The lowest BCUT2D eigenvalue weighted by molar-refractivity contribution is 0.414. The van der Waals surface area contributed by atoms with Crippen LogP contribution in [0, 0.1) is 5.82 Å². The lowest BCUT2D eigenvalue weighted by Gasteiger charge is -2.21. The molecular formula is C26H24FN3O3. The van der Waals surface area contributed by atoms with E-state index in [1.165, 1.54) is 12.1 Å². The number of halogens is 1. The minimum atomic E-state index is -0.663. The number of nitrogen functional groups attached to an aromatic ring is 1. The molecule has 0 aromatic heterocycles. The zero-order chi connectivity index (χ0) is 23.4. The first-order valence-corrected chi connectivity index (χ1v) is 10.5. The number of methoxy groups -OCH3 is 1. The number of hydrogen-bond acceptors (Lipinski definition) is 6. The quantitative estimate of drug-likeness (QED) is 0.341. The number of anilines is 3. The summed E-state index contributed by atoms with van der Waals surface area (Å²) in [5, 5.41) is 6.50. The number of rotatable bonds is 9. The second-order valence-corrected chi connectivity index (χ2v) is 7.74. The molecule has 0 spiro atoms. The Balaban J connectivity index is 1.58. The van der Waals surface area contributed by atoms with Crippen LogP contribution in [0.3, 0.4) is 0 Å². The van der Waals surface area contributed by atoms with Gasteiger partial charge in [0.1, 0.15) is 22.9 Å². The van der Waals surface area contributed by atoms with E-state index in [0.29, 0.717) is 18.7 Å². The minimum Gasteiger partial charge on any atom is -0.497 e. The maximum absolute atomic E-state index is 13.5. The van der Waals surface area contributed by atoms with E-state index in [2.05, 4.69) is 10.6 Å². The van der Waals surface area contributed by atoms with Gasteiger partial charge in [0.25, 0.3) is 10.9 Å². The molecule has 0 bridgehead atoms. The molecule has 1 atom stereocenters. The van der Waals surface area contributed by atoms with Crippen LogP contribution in [0.1, 0.15) is 22.7 Å². The van der Waals surface area contributed by atoms with Crippen molar-refractivity contribution in [2.45, 2.75) is 12.5 Å². The van der Waals surface area contributed by atoms with Gasteiger partial charge in [-0.3, -0.25) is 9.59 Å². The summed E-state index contributed by atoms with van der Waals surface area (Å²) in [5.41, 5.74) is 7.96. The average Bonchev–Trinajstić information content (AvgIpc) is 2.85. The molecule has 0 heterocycles. The van der Waals surface area contributed by atoms with E-state index in [-0.39, 0.29) is 23.2 Å². The lowest BCUT2D eigenvalue weighted by atomic mass is 9.97. The van der Waals surface area contributed by atoms with E-state index >= 15 is 0 Å².